The fraction of sp³-hybridized carbons (Fsp3) is 0.778. The van der Waals surface area contributed by atoms with Crippen molar-refractivity contribution in [2.45, 2.75) is 12.8 Å². The Hall–Kier alpha value is -1.11. The van der Waals surface area contributed by atoms with Crippen molar-refractivity contribution in [3.8, 4) is 0 Å². The van der Waals surface area contributed by atoms with Crippen molar-refractivity contribution in [2.24, 2.45) is 11.7 Å². The Kier molecular flexibility index (Phi) is 3.90. The first-order valence-corrected chi connectivity index (χ1v) is 6.85. The Morgan fingerprint density at radius 1 is 1.44 bits per heavy atom. The van der Waals surface area contributed by atoms with Crippen LogP contribution in [0.1, 0.15) is 12.8 Å². The minimum atomic E-state index is -2.95. The third-order valence-corrected chi connectivity index (χ3v) is 4.45. The Balaban J connectivity index is 2.44. The monoisotopic (exact) mass is 248 g/mol. The van der Waals surface area contributed by atoms with Crippen LogP contribution in [0.5, 0.6) is 0 Å². The summed E-state index contributed by atoms with van der Waals surface area (Å²) < 4.78 is 22.3. The molecule has 2 amide bonds. The first kappa shape index (κ1) is 13.0. The molecule has 16 heavy (non-hydrogen) atoms. The molecule has 1 fully saturated rings. The van der Waals surface area contributed by atoms with E-state index in [9.17, 15) is 18.0 Å². The van der Waals surface area contributed by atoms with Crippen LogP contribution in [0, 0.1) is 5.92 Å². The minimum Gasteiger partial charge on any atom is -0.368 e. The molecule has 6 nitrogen and oxygen atoms in total. The van der Waals surface area contributed by atoms with Gasteiger partial charge in [-0.25, -0.2) is 8.42 Å². The summed E-state index contributed by atoms with van der Waals surface area (Å²) in [6, 6.07) is 0. The number of primary amides is 1. The van der Waals surface area contributed by atoms with Gasteiger partial charge < -0.3 is 10.6 Å². The van der Waals surface area contributed by atoms with E-state index in [4.69, 9.17) is 5.73 Å². The third kappa shape index (κ3) is 3.80. The normalized spacial score (nSPS) is 22.9. The number of hydrogen-bond acceptors (Lipinski definition) is 4. The molecular formula is C9H16N2O4S. The maximum absolute atomic E-state index is 11.6. The van der Waals surface area contributed by atoms with E-state index >= 15 is 0 Å². The third-order valence-electron chi connectivity index (χ3n) is 2.61. The van der Waals surface area contributed by atoms with Gasteiger partial charge in [-0.15, -0.1) is 0 Å². The van der Waals surface area contributed by atoms with Gasteiger partial charge in [0.15, 0.2) is 9.84 Å². The summed E-state index contributed by atoms with van der Waals surface area (Å²) >= 11 is 0. The maximum atomic E-state index is 11.6. The number of nitrogens with two attached hydrogens (primary N) is 1. The maximum Gasteiger partial charge on any atom is 0.237 e. The molecule has 0 aromatic carbocycles. The van der Waals surface area contributed by atoms with Crippen LogP contribution in [-0.2, 0) is 19.4 Å². The first-order valence-electron chi connectivity index (χ1n) is 5.03. The fourth-order valence-electron chi connectivity index (χ4n) is 1.76. The molecule has 1 atom stereocenters. The van der Waals surface area contributed by atoms with Gasteiger partial charge in [-0.05, 0) is 12.3 Å². The molecule has 1 heterocycles. The summed E-state index contributed by atoms with van der Waals surface area (Å²) in [6.45, 7) is -0.127. The van der Waals surface area contributed by atoms with E-state index in [1.54, 1.807) is 0 Å². The van der Waals surface area contributed by atoms with Gasteiger partial charge >= 0.3 is 0 Å². The molecule has 92 valence electrons. The van der Waals surface area contributed by atoms with Gasteiger partial charge in [0.05, 0.1) is 18.1 Å². The number of hydrogen-bond donors (Lipinski definition) is 1. The zero-order valence-corrected chi connectivity index (χ0v) is 10.00. The van der Waals surface area contributed by atoms with Gasteiger partial charge in [-0.2, -0.15) is 0 Å². The SMILES string of the molecule is CN(CC(N)=O)C(=O)CC1CCS(=O)(=O)C1. The Morgan fingerprint density at radius 3 is 2.50 bits per heavy atom. The molecular weight excluding hydrogens is 232 g/mol. The number of likely N-dealkylation sites (N-methyl/N-ethyl adjacent to an activating group) is 1. The van der Waals surface area contributed by atoms with Crippen LogP contribution in [0.25, 0.3) is 0 Å². The van der Waals surface area contributed by atoms with Gasteiger partial charge in [0, 0.05) is 13.5 Å². The summed E-state index contributed by atoms with van der Waals surface area (Å²) in [5.41, 5.74) is 4.95. The van der Waals surface area contributed by atoms with E-state index in [0.29, 0.717) is 6.42 Å². The zero-order chi connectivity index (χ0) is 12.3. The first-order chi connectivity index (χ1) is 7.30. The van der Waals surface area contributed by atoms with Crippen molar-refractivity contribution in [1.29, 1.82) is 0 Å². The van der Waals surface area contributed by atoms with E-state index in [1.807, 2.05) is 0 Å². The van der Waals surface area contributed by atoms with Gasteiger partial charge in [0.1, 0.15) is 0 Å². The standard InChI is InChI=1S/C9H16N2O4S/c1-11(5-8(10)12)9(13)4-7-2-3-16(14,15)6-7/h7H,2-6H2,1H3,(H2,10,12). The molecule has 0 aliphatic carbocycles. The van der Waals surface area contributed by atoms with Gasteiger partial charge in [0.2, 0.25) is 11.8 Å². The Morgan fingerprint density at radius 2 is 2.06 bits per heavy atom. The Labute approximate surface area is 94.7 Å². The largest absolute Gasteiger partial charge is 0.368 e. The minimum absolute atomic E-state index is 0.0726. The highest BCUT2D eigenvalue weighted by molar-refractivity contribution is 7.91. The number of carbonyl (C=O) groups excluding carboxylic acids is 2. The lowest BCUT2D eigenvalue weighted by atomic mass is 10.0. The van der Waals surface area contributed by atoms with E-state index in [2.05, 4.69) is 0 Å². The smallest absolute Gasteiger partial charge is 0.237 e. The number of rotatable bonds is 4. The van der Waals surface area contributed by atoms with E-state index in [1.165, 1.54) is 11.9 Å². The highest BCUT2D eigenvalue weighted by atomic mass is 32.2. The van der Waals surface area contributed by atoms with Crippen molar-refractivity contribution in [2.75, 3.05) is 25.1 Å². The van der Waals surface area contributed by atoms with Crippen LogP contribution in [0.3, 0.4) is 0 Å². The average Bonchev–Trinajstić information content (AvgIpc) is 2.44. The molecule has 0 bridgehead atoms. The summed E-state index contributed by atoms with van der Waals surface area (Å²) in [4.78, 5) is 23.4. The number of carbonyl (C=O) groups is 2. The second-order valence-electron chi connectivity index (χ2n) is 4.19. The molecule has 0 aromatic rings. The predicted octanol–water partition coefficient (Wildman–Crippen LogP) is -1.25. The molecule has 1 unspecified atom stereocenters. The highest BCUT2D eigenvalue weighted by Gasteiger charge is 2.30. The highest BCUT2D eigenvalue weighted by Crippen LogP contribution is 2.21. The van der Waals surface area contributed by atoms with Crippen LogP contribution in [0.15, 0.2) is 0 Å². The van der Waals surface area contributed by atoms with Crippen molar-refractivity contribution in [3.63, 3.8) is 0 Å². The fourth-order valence-corrected chi connectivity index (χ4v) is 3.62. The van der Waals surface area contributed by atoms with E-state index in [0.717, 1.165) is 0 Å². The zero-order valence-electron chi connectivity index (χ0n) is 9.18. The lowest BCUT2D eigenvalue weighted by molar-refractivity contribution is -0.134. The molecule has 0 spiro atoms. The molecule has 1 saturated heterocycles. The van der Waals surface area contributed by atoms with Gasteiger partial charge in [0.25, 0.3) is 0 Å². The number of nitrogens with zero attached hydrogens (tertiary/aromatic N) is 1. The van der Waals surface area contributed by atoms with Crippen molar-refractivity contribution >= 4 is 21.7 Å². The lowest BCUT2D eigenvalue weighted by Crippen LogP contribution is -2.36. The summed E-state index contributed by atoms with van der Waals surface area (Å²) in [5, 5.41) is 0. The van der Waals surface area contributed by atoms with E-state index in [-0.39, 0.29) is 36.3 Å². The van der Waals surface area contributed by atoms with E-state index < -0.39 is 15.7 Å². The molecule has 0 saturated carbocycles. The topological polar surface area (TPSA) is 97.5 Å². The second-order valence-corrected chi connectivity index (χ2v) is 6.42. The molecule has 0 radical (unpaired) electrons. The lowest BCUT2D eigenvalue weighted by Gasteiger charge is -2.16. The summed E-state index contributed by atoms with van der Waals surface area (Å²) in [7, 11) is -1.47. The molecule has 0 aromatic heterocycles. The van der Waals surface area contributed by atoms with Gasteiger partial charge in [-0.3, -0.25) is 9.59 Å². The summed E-state index contributed by atoms with van der Waals surface area (Å²) in [6.07, 6.45) is 0.696. The molecule has 2 N–H and O–H groups in total. The number of sulfone groups is 1. The quantitative estimate of drug-likeness (QED) is 0.672. The number of amides is 2. The Bertz CT molecular complexity index is 390. The van der Waals surface area contributed by atoms with Crippen LogP contribution in [-0.4, -0.2) is 50.2 Å². The van der Waals surface area contributed by atoms with Crippen LogP contribution in [0.4, 0.5) is 0 Å². The van der Waals surface area contributed by atoms with Crippen molar-refractivity contribution in [3.05, 3.63) is 0 Å². The summed E-state index contributed by atoms with van der Waals surface area (Å²) in [5.74, 6) is -0.697. The van der Waals surface area contributed by atoms with Crippen LogP contribution >= 0.6 is 0 Å². The second kappa shape index (κ2) is 4.82. The molecule has 1 rings (SSSR count). The van der Waals surface area contributed by atoms with Crippen LogP contribution < -0.4 is 5.73 Å². The molecule has 1 aliphatic heterocycles. The molecule has 1 aliphatic rings. The van der Waals surface area contributed by atoms with Crippen LogP contribution in [0.2, 0.25) is 0 Å². The van der Waals surface area contributed by atoms with Crippen molar-refractivity contribution in [1.82, 2.24) is 4.90 Å². The predicted molar refractivity (Wildman–Crippen MR) is 58.2 cm³/mol. The van der Waals surface area contributed by atoms with Crippen molar-refractivity contribution < 1.29 is 18.0 Å². The molecule has 7 heteroatoms. The average molecular weight is 248 g/mol. The van der Waals surface area contributed by atoms with Gasteiger partial charge in [-0.1, -0.05) is 0 Å².